The third-order valence-electron chi connectivity index (χ3n) is 3.98. The second-order valence-corrected chi connectivity index (χ2v) is 6.08. The summed E-state index contributed by atoms with van der Waals surface area (Å²) in [6.07, 6.45) is 1.28. The molecule has 0 aromatic carbocycles. The molecular formula is C14H19N3O3S. The highest BCUT2D eigenvalue weighted by Crippen LogP contribution is 2.32. The summed E-state index contributed by atoms with van der Waals surface area (Å²) in [5, 5.41) is 5.11. The van der Waals surface area contributed by atoms with Crippen molar-refractivity contribution in [3.63, 3.8) is 0 Å². The van der Waals surface area contributed by atoms with Crippen molar-refractivity contribution in [1.29, 1.82) is 0 Å². The molecule has 114 valence electrons. The molecule has 1 aromatic rings. The summed E-state index contributed by atoms with van der Waals surface area (Å²) < 4.78 is 0. The standard InChI is InChI=1S/C14H19N3O3S/c1-4-14(5-2)11(18)16-13(20)17(12(14)19)7-6-10-15-9(3)8-21-10/h8H,4-7H2,1-3H3,(H,16,18,20). The molecule has 0 aliphatic carbocycles. The Labute approximate surface area is 127 Å². The first-order valence-corrected chi connectivity index (χ1v) is 7.91. The van der Waals surface area contributed by atoms with E-state index in [1.807, 2.05) is 12.3 Å². The number of aryl methyl sites for hydroxylation is 1. The van der Waals surface area contributed by atoms with Crippen LogP contribution in [0.3, 0.4) is 0 Å². The zero-order valence-corrected chi connectivity index (χ0v) is 13.2. The van der Waals surface area contributed by atoms with Gasteiger partial charge >= 0.3 is 6.03 Å². The van der Waals surface area contributed by atoms with Crippen molar-refractivity contribution in [2.75, 3.05) is 6.54 Å². The summed E-state index contributed by atoms with van der Waals surface area (Å²) in [5.41, 5.74) is -0.191. The Kier molecular flexibility index (Phi) is 4.41. The molecule has 7 heteroatoms. The number of nitrogens with one attached hydrogen (secondary N) is 1. The molecule has 1 aromatic heterocycles. The van der Waals surface area contributed by atoms with E-state index in [0.717, 1.165) is 15.6 Å². The van der Waals surface area contributed by atoms with Gasteiger partial charge in [0.05, 0.1) is 5.01 Å². The molecule has 0 saturated carbocycles. The van der Waals surface area contributed by atoms with Crippen LogP contribution in [0.1, 0.15) is 37.4 Å². The van der Waals surface area contributed by atoms with Gasteiger partial charge in [-0.15, -0.1) is 11.3 Å². The number of amides is 4. The summed E-state index contributed by atoms with van der Waals surface area (Å²) in [6.45, 7) is 5.72. The largest absolute Gasteiger partial charge is 0.330 e. The molecular weight excluding hydrogens is 290 g/mol. The SMILES string of the molecule is CCC1(CC)C(=O)NC(=O)N(CCc2nc(C)cs2)C1=O. The van der Waals surface area contributed by atoms with Crippen molar-refractivity contribution >= 4 is 29.2 Å². The number of thiazole rings is 1. The highest BCUT2D eigenvalue weighted by molar-refractivity contribution is 7.09. The van der Waals surface area contributed by atoms with Crippen LogP contribution in [0.25, 0.3) is 0 Å². The molecule has 1 saturated heterocycles. The van der Waals surface area contributed by atoms with Gasteiger partial charge in [-0.05, 0) is 19.8 Å². The zero-order valence-electron chi connectivity index (χ0n) is 12.4. The van der Waals surface area contributed by atoms with E-state index in [2.05, 4.69) is 10.3 Å². The number of carbonyl (C=O) groups excluding carboxylic acids is 3. The Morgan fingerprint density at radius 3 is 2.48 bits per heavy atom. The van der Waals surface area contributed by atoms with E-state index >= 15 is 0 Å². The molecule has 1 aliphatic heterocycles. The first kappa shape index (κ1) is 15.6. The maximum atomic E-state index is 12.6. The van der Waals surface area contributed by atoms with Gasteiger partial charge in [-0.2, -0.15) is 0 Å². The maximum absolute atomic E-state index is 12.6. The molecule has 4 amide bonds. The third kappa shape index (κ3) is 2.70. The van der Waals surface area contributed by atoms with Gasteiger partial charge in [-0.25, -0.2) is 9.78 Å². The number of imide groups is 2. The first-order valence-electron chi connectivity index (χ1n) is 7.03. The predicted octanol–water partition coefficient (Wildman–Crippen LogP) is 1.88. The number of carbonyl (C=O) groups is 3. The lowest BCUT2D eigenvalue weighted by Gasteiger charge is -2.38. The van der Waals surface area contributed by atoms with Crippen molar-refractivity contribution in [2.24, 2.45) is 5.41 Å². The van der Waals surface area contributed by atoms with E-state index in [9.17, 15) is 14.4 Å². The fourth-order valence-electron chi connectivity index (χ4n) is 2.53. The number of urea groups is 1. The highest BCUT2D eigenvalue weighted by Gasteiger charge is 2.51. The molecule has 0 atom stereocenters. The lowest BCUT2D eigenvalue weighted by Crippen LogP contribution is -2.63. The molecule has 1 fully saturated rings. The number of aromatic nitrogens is 1. The highest BCUT2D eigenvalue weighted by atomic mass is 32.1. The van der Waals surface area contributed by atoms with Gasteiger partial charge < -0.3 is 0 Å². The fraction of sp³-hybridized carbons (Fsp3) is 0.571. The zero-order chi connectivity index (χ0) is 15.6. The topological polar surface area (TPSA) is 79.4 Å². The van der Waals surface area contributed by atoms with Crippen LogP contribution in [0.15, 0.2) is 5.38 Å². The molecule has 2 rings (SSSR count). The van der Waals surface area contributed by atoms with Crippen LogP contribution in [-0.2, 0) is 16.0 Å². The molecule has 2 heterocycles. The van der Waals surface area contributed by atoms with Gasteiger partial charge in [-0.3, -0.25) is 19.8 Å². The van der Waals surface area contributed by atoms with E-state index < -0.39 is 23.3 Å². The fourth-order valence-corrected chi connectivity index (χ4v) is 3.30. The normalized spacial score (nSPS) is 18.0. The average Bonchev–Trinajstić information content (AvgIpc) is 2.85. The van der Waals surface area contributed by atoms with Gasteiger partial charge in [0.2, 0.25) is 11.8 Å². The Morgan fingerprint density at radius 1 is 1.29 bits per heavy atom. The summed E-state index contributed by atoms with van der Waals surface area (Å²) in [7, 11) is 0. The van der Waals surface area contributed by atoms with Gasteiger partial charge in [0.1, 0.15) is 5.41 Å². The number of rotatable bonds is 5. The Hall–Kier alpha value is -1.76. The quantitative estimate of drug-likeness (QED) is 0.842. The molecule has 0 radical (unpaired) electrons. The average molecular weight is 309 g/mol. The van der Waals surface area contributed by atoms with E-state index in [1.165, 1.54) is 11.3 Å². The molecule has 21 heavy (non-hydrogen) atoms. The molecule has 0 spiro atoms. The van der Waals surface area contributed by atoms with Crippen molar-refractivity contribution in [3.8, 4) is 0 Å². The van der Waals surface area contributed by atoms with Crippen LogP contribution in [-0.4, -0.2) is 34.3 Å². The minimum atomic E-state index is -1.12. The van der Waals surface area contributed by atoms with Gasteiger partial charge in [0, 0.05) is 24.0 Å². The molecule has 1 N–H and O–H groups in total. The number of barbiturate groups is 1. The second-order valence-electron chi connectivity index (χ2n) is 5.14. The van der Waals surface area contributed by atoms with Gasteiger partial charge in [0.15, 0.2) is 0 Å². The van der Waals surface area contributed by atoms with Crippen LogP contribution in [0, 0.1) is 12.3 Å². The Morgan fingerprint density at radius 2 is 1.95 bits per heavy atom. The first-order chi connectivity index (χ1) is 9.94. The van der Waals surface area contributed by atoms with Crippen molar-refractivity contribution in [1.82, 2.24) is 15.2 Å². The van der Waals surface area contributed by atoms with Crippen molar-refractivity contribution in [3.05, 3.63) is 16.1 Å². The van der Waals surface area contributed by atoms with Gasteiger partial charge in [-0.1, -0.05) is 13.8 Å². The minimum Gasteiger partial charge on any atom is -0.277 e. The monoisotopic (exact) mass is 309 g/mol. The van der Waals surface area contributed by atoms with Crippen LogP contribution < -0.4 is 5.32 Å². The van der Waals surface area contributed by atoms with Crippen LogP contribution in [0.4, 0.5) is 4.79 Å². The lowest BCUT2D eigenvalue weighted by molar-refractivity contribution is -0.152. The predicted molar refractivity (Wildman–Crippen MR) is 78.8 cm³/mol. The van der Waals surface area contributed by atoms with E-state index in [1.54, 1.807) is 13.8 Å². The van der Waals surface area contributed by atoms with Gasteiger partial charge in [0.25, 0.3) is 0 Å². The summed E-state index contributed by atoms with van der Waals surface area (Å²) >= 11 is 1.50. The third-order valence-corrected chi connectivity index (χ3v) is 5.00. The van der Waals surface area contributed by atoms with E-state index in [-0.39, 0.29) is 6.54 Å². The number of hydrogen-bond donors (Lipinski definition) is 1. The molecule has 0 bridgehead atoms. The Bertz CT molecular complexity index is 578. The smallest absolute Gasteiger partial charge is 0.277 e. The minimum absolute atomic E-state index is 0.243. The summed E-state index contributed by atoms with van der Waals surface area (Å²) in [6, 6.07) is -0.629. The van der Waals surface area contributed by atoms with E-state index in [4.69, 9.17) is 0 Å². The van der Waals surface area contributed by atoms with Crippen LogP contribution in [0.5, 0.6) is 0 Å². The second kappa shape index (κ2) is 5.93. The Balaban J connectivity index is 2.16. The van der Waals surface area contributed by atoms with Crippen LogP contribution >= 0.6 is 11.3 Å². The maximum Gasteiger partial charge on any atom is 0.330 e. The van der Waals surface area contributed by atoms with E-state index in [0.29, 0.717) is 19.3 Å². The molecule has 0 unspecified atom stereocenters. The summed E-state index contributed by atoms with van der Waals surface area (Å²) in [5.74, 6) is -0.877. The van der Waals surface area contributed by atoms with Crippen molar-refractivity contribution < 1.29 is 14.4 Å². The molecule has 1 aliphatic rings. The molecule has 6 nitrogen and oxygen atoms in total. The van der Waals surface area contributed by atoms with Crippen molar-refractivity contribution in [2.45, 2.75) is 40.0 Å². The number of nitrogens with zero attached hydrogens (tertiary/aromatic N) is 2. The lowest BCUT2D eigenvalue weighted by atomic mass is 9.78. The number of hydrogen-bond acceptors (Lipinski definition) is 5. The summed E-state index contributed by atoms with van der Waals surface area (Å²) in [4.78, 5) is 42.0. The van der Waals surface area contributed by atoms with Crippen LogP contribution in [0.2, 0.25) is 0 Å².